The second-order valence-electron chi connectivity index (χ2n) is 4.89. The smallest absolute Gasteiger partial charge is 0.361 e. The number of hydrogen-bond donors (Lipinski definition) is 0. The van der Waals surface area contributed by atoms with Crippen molar-refractivity contribution in [2.24, 2.45) is 5.92 Å². The summed E-state index contributed by atoms with van der Waals surface area (Å²) >= 11 is 0. The highest BCUT2D eigenvalue weighted by Gasteiger charge is 2.41. The van der Waals surface area contributed by atoms with Gasteiger partial charge >= 0.3 is 6.18 Å². The molecule has 0 atom stereocenters. The van der Waals surface area contributed by atoms with E-state index >= 15 is 0 Å². The summed E-state index contributed by atoms with van der Waals surface area (Å²) in [4.78, 5) is 2.04. The minimum absolute atomic E-state index is 0. The Labute approximate surface area is 116 Å². The van der Waals surface area contributed by atoms with Crippen LogP contribution in [0.1, 0.15) is 29.9 Å². The number of aryl methyl sites for hydroxylation is 2. The fourth-order valence-corrected chi connectivity index (χ4v) is 2.37. The highest BCUT2D eigenvalue weighted by molar-refractivity contribution is 5.85. The third-order valence-electron chi connectivity index (χ3n) is 3.61. The van der Waals surface area contributed by atoms with Crippen LogP contribution in [-0.2, 0) is 6.54 Å². The lowest BCUT2D eigenvalue weighted by molar-refractivity contribution is -0.185. The first kappa shape index (κ1) is 16.3. The standard InChI is InChI=1S/C12H17F3N2O.ClH/c1-8-11(9(2)18-16-8)7-17-5-3-10(4-6-17)12(13,14)15;/h10H,3-7H2,1-2H3;1H. The van der Waals surface area contributed by atoms with Crippen molar-refractivity contribution in [3.63, 3.8) is 0 Å². The number of halogens is 4. The van der Waals surface area contributed by atoms with Crippen LogP contribution in [0.15, 0.2) is 4.52 Å². The van der Waals surface area contributed by atoms with Gasteiger partial charge in [-0.15, -0.1) is 12.4 Å². The van der Waals surface area contributed by atoms with Crippen molar-refractivity contribution in [1.29, 1.82) is 0 Å². The first-order valence-corrected chi connectivity index (χ1v) is 6.08. The van der Waals surface area contributed by atoms with Gasteiger partial charge in [-0.3, -0.25) is 4.90 Å². The molecule has 0 saturated carbocycles. The van der Waals surface area contributed by atoms with Gasteiger partial charge in [-0.2, -0.15) is 13.2 Å². The van der Waals surface area contributed by atoms with Crippen LogP contribution in [0.2, 0.25) is 0 Å². The van der Waals surface area contributed by atoms with E-state index in [1.54, 1.807) is 0 Å². The summed E-state index contributed by atoms with van der Waals surface area (Å²) in [6.45, 7) is 5.28. The van der Waals surface area contributed by atoms with Crippen LogP contribution in [0.3, 0.4) is 0 Å². The van der Waals surface area contributed by atoms with Crippen LogP contribution in [-0.4, -0.2) is 29.3 Å². The highest BCUT2D eigenvalue weighted by Crippen LogP contribution is 2.34. The summed E-state index contributed by atoms with van der Waals surface area (Å²) in [5.41, 5.74) is 1.82. The summed E-state index contributed by atoms with van der Waals surface area (Å²) in [6.07, 6.45) is -3.67. The van der Waals surface area contributed by atoms with Crippen LogP contribution >= 0.6 is 12.4 Å². The van der Waals surface area contributed by atoms with Crippen molar-refractivity contribution < 1.29 is 17.7 Å². The molecule has 0 aromatic carbocycles. The van der Waals surface area contributed by atoms with Crippen molar-refractivity contribution >= 4 is 12.4 Å². The fraction of sp³-hybridized carbons (Fsp3) is 0.750. The zero-order valence-corrected chi connectivity index (χ0v) is 11.8. The van der Waals surface area contributed by atoms with Crippen LogP contribution in [0.4, 0.5) is 13.2 Å². The molecule has 1 aliphatic rings. The molecule has 2 rings (SSSR count). The molecule has 0 spiro atoms. The zero-order valence-electron chi connectivity index (χ0n) is 11.0. The van der Waals surface area contributed by atoms with Gasteiger partial charge in [-0.1, -0.05) is 5.16 Å². The molecular weight excluding hydrogens is 281 g/mol. The Morgan fingerprint density at radius 1 is 1.26 bits per heavy atom. The number of nitrogens with zero attached hydrogens (tertiary/aromatic N) is 2. The van der Waals surface area contributed by atoms with Gasteiger partial charge < -0.3 is 4.52 Å². The Morgan fingerprint density at radius 2 is 1.84 bits per heavy atom. The molecule has 7 heteroatoms. The Hall–Kier alpha value is -0.750. The Morgan fingerprint density at radius 3 is 2.26 bits per heavy atom. The molecule has 0 radical (unpaired) electrons. The predicted molar refractivity (Wildman–Crippen MR) is 67.3 cm³/mol. The lowest BCUT2D eigenvalue weighted by atomic mass is 9.96. The van der Waals surface area contributed by atoms with Crippen LogP contribution < -0.4 is 0 Å². The van der Waals surface area contributed by atoms with Crippen molar-refractivity contribution in [2.75, 3.05) is 13.1 Å². The summed E-state index contributed by atoms with van der Waals surface area (Å²) < 4.78 is 42.6. The van der Waals surface area contributed by atoms with E-state index in [4.69, 9.17) is 4.52 Å². The van der Waals surface area contributed by atoms with E-state index in [2.05, 4.69) is 5.16 Å². The van der Waals surface area contributed by atoms with Gasteiger partial charge in [0.05, 0.1) is 11.6 Å². The largest absolute Gasteiger partial charge is 0.391 e. The predicted octanol–water partition coefficient (Wildman–Crippen LogP) is 3.49. The summed E-state index contributed by atoms with van der Waals surface area (Å²) in [6, 6.07) is 0. The van der Waals surface area contributed by atoms with Crippen LogP contribution in [0.5, 0.6) is 0 Å². The van der Waals surface area contributed by atoms with Gasteiger partial charge in [0.1, 0.15) is 5.76 Å². The van der Waals surface area contributed by atoms with Gasteiger partial charge in [0, 0.05) is 12.1 Å². The molecule has 1 saturated heterocycles. The van der Waals surface area contributed by atoms with Crippen LogP contribution in [0.25, 0.3) is 0 Å². The first-order valence-electron chi connectivity index (χ1n) is 6.08. The molecule has 1 aliphatic heterocycles. The molecule has 0 unspecified atom stereocenters. The van der Waals surface area contributed by atoms with E-state index < -0.39 is 12.1 Å². The van der Waals surface area contributed by atoms with Gasteiger partial charge in [-0.05, 0) is 39.8 Å². The van der Waals surface area contributed by atoms with Crippen molar-refractivity contribution in [3.8, 4) is 0 Å². The van der Waals surface area contributed by atoms with Gasteiger partial charge in [0.2, 0.25) is 0 Å². The maximum atomic E-state index is 12.5. The Kier molecular flexibility index (Phi) is 5.26. The average Bonchev–Trinajstić information content (AvgIpc) is 2.60. The summed E-state index contributed by atoms with van der Waals surface area (Å²) in [7, 11) is 0. The quantitative estimate of drug-likeness (QED) is 0.837. The van der Waals surface area contributed by atoms with Gasteiger partial charge in [0.15, 0.2) is 0 Å². The minimum atomic E-state index is -4.05. The first-order chi connectivity index (χ1) is 8.38. The lowest BCUT2D eigenvalue weighted by Gasteiger charge is -2.32. The molecular formula is C12H18ClF3N2O. The monoisotopic (exact) mass is 298 g/mol. The molecule has 0 aliphatic carbocycles. The molecule has 2 heterocycles. The second kappa shape index (κ2) is 6.13. The minimum Gasteiger partial charge on any atom is -0.361 e. The number of likely N-dealkylation sites (tertiary alicyclic amines) is 1. The van der Waals surface area contributed by atoms with E-state index in [0.29, 0.717) is 19.6 Å². The molecule has 0 bridgehead atoms. The maximum Gasteiger partial charge on any atom is 0.391 e. The number of hydrogen-bond acceptors (Lipinski definition) is 3. The van der Waals surface area contributed by atoms with Crippen LogP contribution in [0, 0.1) is 19.8 Å². The number of alkyl halides is 3. The third-order valence-corrected chi connectivity index (χ3v) is 3.61. The highest BCUT2D eigenvalue weighted by atomic mass is 35.5. The lowest BCUT2D eigenvalue weighted by Crippen LogP contribution is -2.38. The molecule has 0 N–H and O–H groups in total. The SMILES string of the molecule is Cc1noc(C)c1CN1CCC(C(F)(F)F)CC1.Cl. The fourth-order valence-electron chi connectivity index (χ4n) is 2.37. The van der Waals surface area contributed by atoms with Crippen molar-refractivity contribution in [2.45, 2.75) is 39.4 Å². The molecule has 19 heavy (non-hydrogen) atoms. The molecule has 1 aromatic heterocycles. The number of piperidine rings is 1. The van der Waals surface area contributed by atoms with E-state index in [-0.39, 0.29) is 25.2 Å². The molecule has 3 nitrogen and oxygen atoms in total. The number of rotatable bonds is 2. The van der Waals surface area contributed by atoms with E-state index in [1.165, 1.54) is 0 Å². The van der Waals surface area contributed by atoms with Crippen molar-refractivity contribution in [3.05, 3.63) is 17.0 Å². The third kappa shape index (κ3) is 3.86. The molecule has 110 valence electrons. The Bertz CT molecular complexity index is 392. The topological polar surface area (TPSA) is 29.3 Å². The maximum absolute atomic E-state index is 12.5. The van der Waals surface area contributed by atoms with Crippen molar-refractivity contribution in [1.82, 2.24) is 10.1 Å². The average molecular weight is 299 g/mol. The summed E-state index contributed by atoms with van der Waals surface area (Å²) in [5.74, 6) is -0.385. The molecule has 1 aromatic rings. The molecule has 0 amide bonds. The molecule has 1 fully saturated rings. The number of aromatic nitrogens is 1. The van der Waals surface area contributed by atoms with E-state index in [9.17, 15) is 13.2 Å². The summed E-state index contributed by atoms with van der Waals surface area (Å²) in [5, 5.41) is 3.85. The van der Waals surface area contributed by atoms with E-state index in [0.717, 1.165) is 17.0 Å². The van der Waals surface area contributed by atoms with E-state index in [1.807, 2.05) is 18.7 Å². The zero-order chi connectivity index (χ0) is 13.3. The second-order valence-corrected chi connectivity index (χ2v) is 4.89. The normalized spacial score (nSPS) is 18.4. The Balaban J connectivity index is 0.00000180. The van der Waals surface area contributed by atoms with Gasteiger partial charge in [-0.25, -0.2) is 0 Å². The van der Waals surface area contributed by atoms with Gasteiger partial charge in [0.25, 0.3) is 0 Å².